The number of H-pyrrole nitrogens is 1. The Bertz CT molecular complexity index is 807. The fraction of sp³-hybridized carbons (Fsp3) is 0.267. The molecule has 0 fully saturated rings. The Kier molecular flexibility index (Phi) is 4.06. The van der Waals surface area contributed by atoms with Crippen LogP contribution in [0.1, 0.15) is 28.3 Å². The molecule has 0 aliphatic heterocycles. The van der Waals surface area contributed by atoms with Crippen molar-refractivity contribution in [2.24, 2.45) is 0 Å². The van der Waals surface area contributed by atoms with Crippen LogP contribution in [0, 0.1) is 6.92 Å². The zero-order valence-corrected chi connectivity index (χ0v) is 13.0. The van der Waals surface area contributed by atoms with Crippen LogP contribution in [0.5, 0.6) is 0 Å². The molecule has 114 valence electrons. The van der Waals surface area contributed by atoms with Gasteiger partial charge in [-0.2, -0.15) is 0 Å². The number of aromatic amines is 1. The number of imidazole rings is 1. The van der Waals surface area contributed by atoms with Gasteiger partial charge in [-0.15, -0.1) is 11.3 Å². The number of thiazole rings is 1. The summed E-state index contributed by atoms with van der Waals surface area (Å²) in [6.07, 6.45) is 1.65. The van der Waals surface area contributed by atoms with Crippen LogP contribution in [0.25, 0.3) is 11.0 Å². The van der Waals surface area contributed by atoms with Crippen molar-refractivity contribution < 1.29 is 4.79 Å². The number of carbonyl (C=O) groups is 1. The van der Waals surface area contributed by atoms with Gasteiger partial charge in [-0.1, -0.05) is 0 Å². The fourth-order valence-corrected chi connectivity index (χ4v) is 2.89. The fourth-order valence-electron chi connectivity index (χ4n) is 2.29. The molecule has 0 radical (unpaired) electrons. The molecule has 2 aromatic heterocycles. The number of nitrogens with zero attached hydrogens (tertiary/aromatic N) is 2. The van der Waals surface area contributed by atoms with Crippen molar-refractivity contribution in [1.82, 2.24) is 20.3 Å². The molecule has 0 bridgehead atoms. The first-order valence-corrected chi connectivity index (χ1v) is 7.94. The number of nitrogens with one attached hydrogen (secondary N) is 2. The van der Waals surface area contributed by atoms with Crippen LogP contribution in [0.15, 0.2) is 23.6 Å². The first kappa shape index (κ1) is 14.5. The SMILES string of the molecule is Cc1nc2ccc(C(=O)NCCCc3csc(N)n3)cc2[nH]1. The number of aryl methyl sites for hydroxylation is 2. The third-order valence-electron chi connectivity index (χ3n) is 3.33. The minimum absolute atomic E-state index is 0.0769. The summed E-state index contributed by atoms with van der Waals surface area (Å²) in [6, 6.07) is 5.47. The highest BCUT2D eigenvalue weighted by atomic mass is 32.1. The summed E-state index contributed by atoms with van der Waals surface area (Å²) in [6.45, 7) is 2.50. The van der Waals surface area contributed by atoms with Crippen LogP contribution in [-0.2, 0) is 6.42 Å². The zero-order valence-electron chi connectivity index (χ0n) is 12.2. The van der Waals surface area contributed by atoms with Gasteiger partial charge < -0.3 is 16.0 Å². The summed E-state index contributed by atoms with van der Waals surface area (Å²) in [4.78, 5) is 23.8. The van der Waals surface area contributed by atoms with Crippen molar-refractivity contribution in [3.05, 3.63) is 40.7 Å². The summed E-state index contributed by atoms with van der Waals surface area (Å²) >= 11 is 1.44. The number of anilines is 1. The summed E-state index contributed by atoms with van der Waals surface area (Å²) in [5, 5.41) is 5.45. The topological polar surface area (TPSA) is 96.7 Å². The first-order chi connectivity index (χ1) is 10.6. The molecule has 1 aromatic carbocycles. The summed E-state index contributed by atoms with van der Waals surface area (Å²) < 4.78 is 0. The van der Waals surface area contributed by atoms with E-state index >= 15 is 0 Å². The average molecular weight is 315 g/mol. The molecular weight excluding hydrogens is 298 g/mol. The molecule has 1 amide bonds. The number of nitrogen functional groups attached to an aromatic ring is 1. The molecule has 0 aliphatic carbocycles. The Labute approximate surface area is 131 Å². The van der Waals surface area contributed by atoms with E-state index in [1.807, 2.05) is 24.4 Å². The Hall–Kier alpha value is -2.41. The molecule has 7 heteroatoms. The van der Waals surface area contributed by atoms with E-state index in [1.165, 1.54) is 11.3 Å². The molecular formula is C15H17N5OS. The van der Waals surface area contributed by atoms with Gasteiger partial charge >= 0.3 is 0 Å². The maximum absolute atomic E-state index is 12.1. The van der Waals surface area contributed by atoms with Gasteiger partial charge in [0, 0.05) is 17.5 Å². The van der Waals surface area contributed by atoms with Gasteiger partial charge in [-0.05, 0) is 38.0 Å². The van der Waals surface area contributed by atoms with Crippen molar-refractivity contribution in [2.75, 3.05) is 12.3 Å². The van der Waals surface area contributed by atoms with Crippen molar-refractivity contribution in [3.8, 4) is 0 Å². The molecule has 22 heavy (non-hydrogen) atoms. The van der Waals surface area contributed by atoms with E-state index < -0.39 is 0 Å². The number of carbonyl (C=O) groups excluding carboxylic acids is 1. The summed E-state index contributed by atoms with van der Waals surface area (Å²) in [5.41, 5.74) is 8.94. The van der Waals surface area contributed by atoms with Crippen LogP contribution >= 0.6 is 11.3 Å². The number of hydrogen-bond donors (Lipinski definition) is 3. The maximum atomic E-state index is 12.1. The Morgan fingerprint density at radius 2 is 2.27 bits per heavy atom. The van der Waals surface area contributed by atoms with E-state index in [2.05, 4.69) is 20.3 Å². The van der Waals surface area contributed by atoms with E-state index in [0.717, 1.165) is 35.4 Å². The minimum atomic E-state index is -0.0769. The molecule has 4 N–H and O–H groups in total. The van der Waals surface area contributed by atoms with E-state index in [-0.39, 0.29) is 5.91 Å². The van der Waals surface area contributed by atoms with Crippen LogP contribution < -0.4 is 11.1 Å². The second-order valence-corrected chi connectivity index (χ2v) is 5.98. The third-order valence-corrected chi connectivity index (χ3v) is 4.05. The lowest BCUT2D eigenvalue weighted by Crippen LogP contribution is -2.24. The summed E-state index contributed by atoms with van der Waals surface area (Å²) in [7, 11) is 0. The highest BCUT2D eigenvalue weighted by Gasteiger charge is 2.08. The molecule has 0 unspecified atom stereocenters. The predicted octanol–water partition coefficient (Wildman–Crippen LogP) is 2.27. The number of nitrogens with two attached hydrogens (primary N) is 1. The highest BCUT2D eigenvalue weighted by molar-refractivity contribution is 7.13. The van der Waals surface area contributed by atoms with Crippen LogP contribution in [0.3, 0.4) is 0 Å². The Morgan fingerprint density at radius 3 is 3.05 bits per heavy atom. The monoisotopic (exact) mass is 315 g/mol. The number of hydrogen-bond acceptors (Lipinski definition) is 5. The molecule has 0 spiro atoms. The van der Waals surface area contributed by atoms with Crippen LogP contribution in [0.4, 0.5) is 5.13 Å². The molecule has 0 saturated carbocycles. The molecule has 0 saturated heterocycles. The number of aromatic nitrogens is 3. The van der Waals surface area contributed by atoms with Crippen LogP contribution in [0.2, 0.25) is 0 Å². The van der Waals surface area contributed by atoms with Gasteiger partial charge in [0.2, 0.25) is 0 Å². The van der Waals surface area contributed by atoms with Crippen molar-refractivity contribution in [2.45, 2.75) is 19.8 Å². The van der Waals surface area contributed by atoms with Crippen LogP contribution in [-0.4, -0.2) is 27.4 Å². The lowest BCUT2D eigenvalue weighted by molar-refractivity contribution is 0.0953. The average Bonchev–Trinajstić information content (AvgIpc) is 3.07. The number of benzene rings is 1. The molecule has 6 nitrogen and oxygen atoms in total. The number of amides is 1. The van der Waals surface area contributed by atoms with Crippen molar-refractivity contribution in [3.63, 3.8) is 0 Å². The largest absolute Gasteiger partial charge is 0.375 e. The van der Waals surface area contributed by atoms with Gasteiger partial charge in [0.05, 0.1) is 16.7 Å². The van der Waals surface area contributed by atoms with Gasteiger partial charge in [-0.3, -0.25) is 4.79 Å². The van der Waals surface area contributed by atoms with E-state index in [1.54, 1.807) is 6.07 Å². The predicted molar refractivity (Wildman–Crippen MR) is 88.0 cm³/mol. The van der Waals surface area contributed by atoms with Gasteiger partial charge in [-0.25, -0.2) is 9.97 Å². The normalized spacial score (nSPS) is 11.0. The lowest BCUT2D eigenvalue weighted by atomic mass is 10.2. The van der Waals surface area contributed by atoms with E-state index in [4.69, 9.17) is 5.73 Å². The zero-order chi connectivity index (χ0) is 15.5. The van der Waals surface area contributed by atoms with Crippen molar-refractivity contribution >= 4 is 33.4 Å². The quantitative estimate of drug-likeness (QED) is 0.629. The second-order valence-electron chi connectivity index (χ2n) is 5.09. The number of rotatable bonds is 5. The van der Waals surface area contributed by atoms with E-state index in [9.17, 15) is 4.79 Å². The number of fused-ring (bicyclic) bond motifs is 1. The standard InChI is InChI=1S/C15H17N5OS/c1-9-18-12-5-4-10(7-13(12)19-9)14(21)17-6-2-3-11-8-22-15(16)20-11/h4-5,7-8H,2-3,6H2,1H3,(H2,16,20)(H,17,21)(H,18,19). The van der Waals surface area contributed by atoms with E-state index in [0.29, 0.717) is 17.2 Å². The Morgan fingerprint density at radius 1 is 1.41 bits per heavy atom. The third kappa shape index (κ3) is 3.25. The molecule has 0 atom stereocenters. The smallest absolute Gasteiger partial charge is 0.251 e. The van der Waals surface area contributed by atoms with Gasteiger partial charge in [0.1, 0.15) is 5.82 Å². The first-order valence-electron chi connectivity index (χ1n) is 7.06. The van der Waals surface area contributed by atoms with Crippen molar-refractivity contribution in [1.29, 1.82) is 0 Å². The Balaban J connectivity index is 1.54. The maximum Gasteiger partial charge on any atom is 0.251 e. The lowest BCUT2D eigenvalue weighted by Gasteiger charge is -2.04. The van der Waals surface area contributed by atoms with Gasteiger partial charge in [0.25, 0.3) is 5.91 Å². The molecule has 2 heterocycles. The minimum Gasteiger partial charge on any atom is -0.375 e. The highest BCUT2D eigenvalue weighted by Crippen LogP contribution is 2.14. The van der Waals surface area contributed by atoms with Gasteiger partial charge in [0.15, 0.2) is 5.13 Å². The molecule has 3 rings (SSSR count). The summed E-state index contributed by atoms with van der Waals surface area (Å²) in [5.74, 6) is 0.766. The second kappa shape index (κ2) is 6.15. The molecule has 0 aliphatic rings. The molecule has 3 aromatic rings.